The second-order valence-electron chi connectivity index (χ2n) is 11.0. The lowest BCUT2D eigenvalue weighted by Crippen LogP contribution is -2.31. The van der Waals surface area contributed by atoms with Crippen LogP contribution >= 0.6 is 0 Å². The first-order chi connectivity index (χ1) is 18.1. The molecule has 4 heteroatoms. The molecule has 0 aliphatic rings. The Balaban J connectivity index is 1.92. The Morgan fingerprint density at radius 2 is 1.14 bits per heavy atom. The lowest BCUT2D eigenvalue weighted by molar-refractivity contribution is -0.116. The highest BCUT2D eigenvalue weighted by molar-refractivity contribution is 5.97. The predicted molar refractivity (Wildman–Crippen MR) is 160 cm³/mol. The van der Waals surface area contributed by atoms with Gasteiger partial charge in [-0.2, -0.15) is 0 Å². The molecule has 1 unspecified atom stereocenters. The molecule has 0 aliphatic carbocycles. The van der Waals surface area contributed by atoms with Crippen LogP contribution in [0.15, 0.2) is 24.3 Å². The van der Waals surface area contributed by atoms with Gasteiger partial charge in [-0.3, -0.25) is 9.59 Å². The molecule has 212 valence electrons. The average Bonchev–Trinajstić information content (AvgIpc) is 2.90. The van der Waals surface area contributed by atoms with Crippen LogP contribution in [0.4, 0.5) is 5.69 Å². The molecule has 0 spiro atoms. The standard InChI is InChI=1S/C33H58N2O2/c1-4-6-7-8-9-10-11-12-13-14-15-16-17-18-19-20-21-22-23-27-32(36)35-31-26-24-25-30(28-31)33(37)34-29(3)5-2/h24-26,28-29H,4-23,27H2,1-3H3,(H,34,37)(H,35,36). The van der Waals surface area contributed by atoms with E-state index in [1.54, 1.807) is 12.1 Å². The molecule has 0 aromatic heterocycles. The van der Waals surface area contributed by atoms with E-state index in [1.165, 1.54) is 109 Å². The van der Waals surface area contributed by atoms with Crippen molar-refractivity contribution in [3.05, 3.63) is 29.8 Å². The second-order valence-corrected chi connectivity index (χ2v) is 11.0. The van der Waals surface area contributed by atoms with E-state index in [-0.39, 0.29) is 17.9 Å². The van der Waals surface area contributed by atoms with Crippen molar-refractivity contribution < 1.29 is 9.59 Å². The van der Waals surface area contributed by atoms with Gasteiger partial charge in [0, 0.05) is 23.7 Å². The quantitative estimate of drug-likeness (QED) is 0.135. The normalized spacial score (nSPS) is 11.9. The summed E-state index contributed by atoms with van der Waals surface area (Å²) < 4.78 is 0. The number of amides is 2. The van der Waals surface area contributed by atoms with Gasteiger partial charge in [0.15, 0.2) is 0 Å². The van der Waals surface area contributed by atoms with Crippen LogP contribution in [0.5, 0.6) is 0 Å². The van der Waals surface area contributed by atoms with E-state index in [0.29, 0.717) is 17.7 Å². The number of nitrogens with one attached hydrogen (secondary N) is 2. The molecule has 0 fully saturated rings. The fraction of sp³-hybridized carbons (Fsp3) is 0.758. The van der Waals surface area contributed by atoms with Crippen molar-refractivity contribution >= 4 is 17.5 Å². The molecule has 1 atom stereocenters. The highest BCUT2D eigenvalue weighted by Gasteiger charge is 2.10. The minimum absolute atomic E-state index is 0.0338. The lowest BCUT2D eigenvalue weighted by Gasteiger charge is -2.12. The van der Waals surface area contributed by atoms with Gasteiger partial charge < -0.3 is 10.6 Å². The van der Waals surface area contributed by atoms with Crippen molar-refractivity contribution in [1.82, 2.24) is 5.32 Å². The van der Waals surface area contributed by atoms with Crippen LogP contribution in [0.2, 0.25) is 0 Å². The molecule has 4 nitrogen and oxygen atoms in total. The fourth-order valence-electron chi connectivity index (χ4n) is 4.73. The van der Waals surface area contributed by atoms with Crippen LogP contribution < -0.4 is 10.6 Å². The largest absolute Gasteiger partial charge is 0.350 e. The van der Waals surface area contributed by atoms with E-state index in [2.05, 4.69) is 17.6 Å². The van der Waals surface area contributed by atoms with Crippen molar-refractivity contribution in [2.75, 3.05) is 5.32 Å². The number of anilines is 1. The van der Waals surface area contributed by atoms with Crippen molar-refractivity contribution in [3.8, 4) is 0 Å². The van der Waals surface area contributed by atoms with Crippen LogP contribution in [-0.4, -0.2) is 17.9 Å². The van der Waals surface area contributed by atoms with Gasteiger partial charge in [0.05, 0.1) is 0 Å². The summed E-state index contributed by atoms with van der Waals surface area (Å²) in [6.45, 7) is 6.32. The number of unbranched alkanes of at least 4 members (excludes halogenated alkanes) is 18. The number of hydrogen-bond acceptors (Lipinski definition) is 2. The molecule has 0 saturated carbocycles. The Morgan fingerprint density at radius 3 is 1.59 bits per heavy atom. The van der Waals surface area contributed by atoms with Gasteiger partial charge in [-0.05, 0) is 38.0 Å². The van der Waals surface area contributed by atoms with Gasteiger partial charge >= 0.3 is 0 Å². The van der Waals surface area contributed by atoms with Gasteiger partial charge in [-0.25, -0.2) is 0 Å². The maximum atomic E-state index is 12.3. The summed E-state index contributed by atoms with van der Waals surface area (Å²) in [7, 11) is 0. The zero-order chi connectivity index (χ0) is 27.0. The molecule has 0 saturated heterocycles. The summed E-state index contributed by atoms with van der Waals surface area (Å²) in [6, 6.07) is 7.34. The maximum Gasteiger partial charge on any atom is 0.251 e. The molecule has 1 aromatic carbocycles. The van der Waals surface area contributed by atoms with Crippen LogP contribution in [0.25, 0.3) is 0 Å². The van der Waals surface area contributed by atoms with Crippen molar-refractivity contribution in [3.63, 3.8) is 0 Å². The second kappa shape index (κ2) is 23.3. The lowest BCUT2D eigenvalue weighted by atomic mass is 10.0. The van der Waals surface area contributed by atoms with E-state index < -0.39 is 0 Å². The first-order valence-corrected chi connectivity index (χ1v) is 15.8. The third-order valence-corrected chi connectivity index (χ3v) is 7.41. The Kier molecular flexibility index (Phi) is 20.9. The predicted octanol–water partition coefficient (Wildman–Crippen LogP) is 9.98. The summed E-state index contributed by atoms with van der Waals surface area (Å²) in [5, 5.41) is 5.91. The monoisotopic (exact) mass is 514 g/mol. The summed E-state index contributed by atoms with van der Waals surface area (Å²) >= 11 is 0. The maximum absolute atomic E-state index is 12.3. The van der Waals surface area contributed by atoms with E-state index in [1.807, 2.05) is 26.0 Å². The van der Waals surface area contributed by atoms with Gasteiger partial charge in [0.25, 0.3) is 5.91 Å². The molecule has 1 aromatic rings. The van der Waals surface area contributed by atoms with Gasteiger partial charge in [-0.15, -0.1) is 0 Å². The molecule has 2 N–H and O–H groups in total. The molecule has 0 aliphatic heterocycles. The summed E-state index contributed by atoms with van der Waals surface area (Å²) in [5.74, 6) is -0.0595. The third-order valence-electron chi connectivity index (χ3n) is 7.41. The summed E-state index contributed by atoms with van der Waals surface area (Å²) in [6.07, 6.45) is 27.1. The Bertz CT molecular complexity index is 703. The number of hydrogen-bond donors (Lipinski definition) is 2. The van der Waals surface area contributed by atoms with Crippen LogP contribution in [0.3, 0.4) is 0 Å². The first kappa shape index (κ1) is 33.2. The average molecular weight is 515 g/mol. The van der Waals surface area contributed by atoms with Crippen LogP contribution in [0, 0.1) is 0 Å². The highest BCUT2D eigenvalue weighted by Crippen LogP contribution is 2.16. The van der Waals surface area contributed by atoms with Crippen molar-refractivity contribution in [2.24, 2.45) is 0 Å². The Hall–Kier alpha value is -1.84. The van der Waals surface area contributed by atoms with E-state index in [4.69, 9.17) is 0 Å². The molecule has 1 rings (SSSR count). The topological polar surface area (TPSA) is 58.2 Å². The highest BCUT2D eigenvalue weighted by atomic mass is 16.2. The zero-order valence-electron chi connectivity index (χ0n) is 24.6. The first-order valence-electron chi connectivity index (χ1n) is 15.8. The SMILES string of the molecule is CCCCCCCCCCCCCCCCCCCCCC(=O)Nc1cccc(C(=O)NC(C)CC)c1. The molecule has 0 bridgehead atoms. The van der Waals surface area contributed by atoms with Crippen molar-refractivity contribution in [1.29, 1.82) is 0 Å². The Morgan fingerprint density at radius 1 is 0.676 bits per heavy atom. The van der Waals surface area contributed by atoms with E-state index >= 15 is 0 Å². The van der Waals surface area contributed by atoms with E-state index in [9.17, 15) is 9.59 Å². The number of carbonyl (C=O) groups excluding carboxylic acids is 2. The molecular weight excluding hydrogens is 456 g/mol. The molecule has 37 heavy (non-hydrogen) atoms. The number of rotatable bonds is 24. The van der Waals surface area contributed by atoms with Gasteiger partial charge in [0.1, 0.15) is 0 Å². The Labute approximate surface area is 229 Å². The molecule has 0 radical (unpaired) electrons. The summed E-state index contributed by atoms with van der Waals surface area (Å²) in [5.41, 5.74) is 1.28. The number of benzene rings is 1. The zero-order valence-corrected chi connectivity index (χ0v) is 24.6. The summed E-state index contributed by atoms with van der Waals surface area (Å²) in [4.78, 5) is 24.6. The third kappa shape index (κ3) is 19.0. The van der Waals surface area contributed by atoms with Crippen LogP contribution in [-0.2, 0) is 4.79 Å². The van der Waals surface area contributed by atoms with Gasteiger partial charge in [-0.1, -0.05) is 135 Å². The van der Waals surface area contributed by atoms with Crippen LogP contribution in [0.1, 0.15) is 166 Å². The minimum Gasteiger partial charge on any atom is -0.350 e. The minimum atomic E-state index is -0.0933. The fourth-order valence-corrected chi connectivity index (χ4v) is 4.73. The molecular formula is C33H58N2O2. The van der Waals surface area contributed by atoms with Gasteiger partial charge in [0.2, 0.25) is 5.91 Å². The molecule has 2 amide bonds. The van der Waals surface area contributed by atoms with Crippen molar-refractivity contribution in [2.45, 2.75) is 162 Å². The smallest absolute Gasteiger partial charge is 0.251 e. The number of carbonyl (C=O) groups is 2. The molecule has 0 heterocycles. The van der Waals surface area contributed by atoms with E-state index in [0.717, 1.165) is 19.3 Å².